The molecular weight excluding hydrogens is 582 g/mol. The van der Waals surface area contributed by atoms with E-state index in [1.807, 2.05) is 60.5 Å². The SMILES string of the molecule is CN(CCOC(=O)NCc1ccc(COc2nccc(N)n2)cc1)c1ccc2nc(/C=C(\C#N)C(=O)OC(C)(C)C)sc2c1. The minimum atomic E-state index is -0.705. The van der Waals surface area contributed by atoms with Crippen LogP contribution in [0.2, 0.25) is 0 Å². The Morgan fingerprint density at radius 3 is 2.57 bits per heavy atom. The van der Waals surface area contributed by atoms with Gasteiger partial charge < -0.3 is 30.2 Å². The van der Waals surface area contributed by atoms with Gasteiger partial charge in [-0.3, -0.25) is 0 Å². The van der Waals surface area contributed by atoms with E-state index < -0.39 is 17.7 Å². The summed E-state index contributed by atoms with van der Waals surface area (Å²) in [5.41, 5.74) is 8.28. The molecule has 0 fully saturated rings. The second-order valence-corrected chi connectivity index (χ2v) is 11.7. The summed E-state index contributed by atoms with van der Waals surface area (Å²) in [5.74, 6) is -0.348. The van der Waals surface area contributed by atoms with Crippen LogP contribution in [0.1, 0.15) is 36.9 Å². The fraction of sp³-hybridized carbons (Fsp3) is 0.290. The summed E-state index contributed by atoms with van der Waals surface area (Å²) in [5, 5.41) is 12.7. The van der Waals surface area contributed by atoms with E-state index in [9.17, 15) is 14.9 Å². The van der Waals surface area contributed by atoms with Gasteiger partial charge in [0.05, 0.1) is 16.8 Å². The van der Waals surface area contributed by atoms with Crippen molar-refractivity contribution in [2.24, 2.45) is 0 Å². The maximum absolute atomic E-state index is 12.3. The number of thiazole rings is 1. The maximum Gasteiger partial charge on any atom is 0.407 e. The predicted octanol–water partition coefficient (Wildman–Crippen LogP) is 4.86. The molecule has 44 heavy (non-hydrogen) atoms. The van der Waals surface area contributed by atoms with Crippen LogP contribution in [0.15, 0.2) is 60.3 Å². The molecule has 0 saturated heterocycles. The molecule has 13 heteroatoms. The molecule has 3 N–H and O–H groups in total. The molecule has 0 saturated carbocycles. The number of ether oxygens (including phenoxy) is 3. The normalized spacial score (nSPS) is 11.5. The van der Waals surface area contributed by atoms with Gasteiger partial charge in [0.15, 0.2) is 0 Å². The highest BCUT2D eigenvalue weighted by atomic mass is 32.1. The first-order valence-electron chi connectivity index (χ1n) is 13.7. The van der Waals surface area contributed by atoms with Crippen molar-refractivity contribution in [3.63, 3.8) is 0 Å². The van der Waals surface area contributed by atoms with Crippen LogP contribution in [0, 0.1) is 11.3 Å². The van der Waals surface area contributed by atoms with E-state index >= 15 is 0 Å². The number of carbonyl (C=O) groups excluding carboxylic acids is 2. The van der Waals surface area contributed by atoms with Crippen LogP contribution in [0.4, 0.5) is 16.3 Å². The lowest BCUT2D eigenvalue weighted by Gasteiger charge is -2.19. The van der Waals surface area contributed by atoms with Crippen LogP contribution in [-0.2, 0) is 27.4 Å². The van der Waals surface area contributed by atoms with Gasteiger partial charge in [0, 0.05) is 25.5 Å². The van der Waals surface area contributed by atoms with Gasteiger partial charge in [-0.25, -0.2) is 19.6 Å². The Labute approximate surface area is 259 Å². The van der Waals surface area contributed by atoms with Crippen molar-refractivity contribution in [3.05, 3.63) is 76.4 Å². The number of anilines is 2. The molecule has 0 radical (unpaired) electrons. The number of rotatable bonds is 11. The van der Waals surface area contributed by atoms with E-state index in [0.717, 1.165) is 27.0 Å². The van der Waals surface area contributed by atoms with Gasteiger partial charge in [-0.05, 0) is 62.2 Å². The Morgan fingerprint density at radius 1 is 1.11 bits per heavy atom. The van der Waals surface area contributed by atoms with Gasteiger partial charge in [0.1, 0.15) is 41.3 Å². The number of fused-ring (bicyclic) bond motifs is 1. The van der Waals surface area contributed by atoms with Crippen molar-refractivity contribution < 1.29 is 23.8 Å². The van der Waals surface area contributed by atoms with Crippen molar-refractivity contribution in [2.75, 3.05) is 30.8 Å². The van der Waals surface area contributed by atoms with Gasteiger partial charge in [0.2, 0.25) is 0 Å². The first-order valence-corrected chi connectivity index (χ1v) is 14.5. The smallest absolute Gasteiger partial charge is 0.407 e. The van der Waals surface area contributed by atoms with Crippen molar-refractivity contribution >= 4 is 51.2 Å². The number of hydrogen-bond donors (Lipinski definition) is 2. The Hall–Kier alpha value is -5.22. The number of esters is 1. The molecule has 2 heterocycles. The second-order valence-electron chi connectivity index (χ2n) is 10.7. The van der Waals surface area contributed by atoms with E-state index in [2.05, 4.69) is 20.3 Å². The number of carbonyl (C=O) groups is 2. The molecule has 228 valence electrons. The fourth-order valence-corrected chi connectivity index (χ4v) is 4.72. The third-order valence-corrected chi connectivity index (χ3v) is 6.94. The van der Waals surface area contributed by atoms with E-state index in [-0.39, 0.29) is 24.8 Å². The summed E-state index contributed by atoms with van der Waals surface area (Å²) in [6.45, 7) is 6.48. The molecule has 0 unspecified atom stereocenters. The number of nitriles is 1. The zero-order valence-electron chi connectivity index (χ0n) is 24.9. The molecule has 4 rings (SSSR count). The quantitative estimate of drug-likeness (QED) is 0.134. The van der Waals surface area contributed by atoms with Crippen molar-refractivity contribution in [3.8, 4) is 12.1 Å². The highest BCUT2D eigenvalue weighted by Crippen LogP contribution is 2.28. The number of benzene rings is 2. The van der Waals surface area contributed by atoms with Crippen molar-refractivity contribution in [1.29, 1.82) is 5.26 Å². The predicted molar refractivity (Wildman–Crippen MR) is 168 cm³/mol. The summed E-state index contributed by atoms with van der Waals surface area (Å²) in [6.07, 6.45) is 2.46. The molecule has 0 aliphatic rings. The standard InChI is InChI=1S/C31H33N7O5S/c1-31(2,3)43-28(39)22(17-32)15-27-36-24-10-9-23(16-25(24)44-27)38(4)13-14-41-30(40)35-18-20-5-7-21(8-6-20)19-42-29-34-12-11-26(33)37-29/h5-12,15-16H,13-14,18-19H2,1-4H3,(H,35,40)(H2,33,34,37)/b22-15+. The van der Waals surface area contributed by atoms with Gasteiger partial charge in [-0.1, -0.05) is 24.3 Å². The molecule has 2 aromatic carbocycles. The zero-order chi connectivity index (χ0) is 31.7. The number of nitrogens with zero attached hydrogens (tertiary/aromatic N) is 5. The highest BCUT2D eigenvalue weighted by Gasteiger charge is 2.20. The number of aromatic nitrogens is 3. The average Bonchev–Trinajstić information content (AvgIpc) is 3.39. The summed E-state index contributed by atoms with van der Waals surface area (Å²) < 4.78 is 17.1. The number of likely N-dealkylation sites (N-methyl/N-ethyl adjacent to an activating group) is 1. The minimum Gasteiger partial charge on any atom is -0.459 e. The Kier molecular flexibility index (Phi) is 10.3. The molecular formula is C31H33N7O5S. The Bertz CT molecular complexity index is 1690. The monoisotopic (exact) mass is 615 g/mol. The summed E-state index contributed by atoms with van der Waals surface area (Å²) in [4.78, 5) is 39.0. The molecule has 0 aliphatic heterocycles. The number of amides is 1. The summed E-state index contributed by atoms with van der Waals surface area (Å²) in [6, 6.07) is 17.0. The number of alkyl carbamates (subject to hydrolysis) is 1. The van der Waals surface area contributed by atoms with E-state index in [0.29, 0.717) is 23.9 Å². The van der Waals surface area contributed by atoms with E-state index in [4.69, 9.17) is 19.9 Å². The van der Waals surface area contributed by atoms with E-state index in [1.165, 1.54) is 23.6 Å². The first-order chi connectivity index (χ1) is 21.0. The number of hydrogen-bond acceptors (Lipinski definition) is 12. The number of nitrogens with one attached hydrogen (secondary N) is 1. The molecule has 1 amide bonds. The first kappa shape index (κ1) is 31.7. The molecule has 0 bridgehead atoms. The number of nitrogen functional groups attached to an aromatic ring is 1. The van der Waals surface area contributed by atoms with Crippen molar-refractivity contribution in [2.45, 2.75) is 39.5 Å². The molecule has 2 aromatic heterocycles. The minimum absolute atomic E-state index is 0.112. The third kappa shape index (κ3) is 9.40. The van der Waals surface area contributed by atoms with E-state index in [1.54, 1.807) is 26.8 Å². The number of nitrogens with two attached hydrogens (primary N) is 1. The average molecular weight is 616 g/mol. The molecule has 0 spiro atoms. The Balaban J connectivity index is 1.22. The van der Waals surface area contributed by atoms with Crippen LogP contribution >= 0.6 is 11.3 Å². The lowest BCUT2D eigenvalue weighted by atomic mass is 10.1. The molecule has 0 aliphatic carbocycles. The summed E-state index contributed by atoms with van der Waals surface area (Å²) in [7, 11) is 1.89. The van der Waals surface area contributed by atoms with Crippen LogP contribution in [0.5, 0.6) is 6.01 Å². The van der Waals surface area contributed by atoms with Crippen LogP contribution in [0.25, 0.3) is 16.3 Å². The fourth-order valence-electron chi connectivity index (χ4n) is 3.78. The van der Waals surface area contributed by atoms with Crippen LogP contribution in [0.3, 0.4) is 0 Å². The largest absolute Gasteiger partial charge is 0.459 e. The lowest BCUT2D eigenvalue weighted by molar-refractivity contribution is -0.149. The lowest BCUT2D eigenvalue weighted by Crippen LogP contribution is -2.28. The Morgan fingerprint density at radius 2 is 1.86 bits per heavy atom. The van der Waals surface area contributed by atoms with Crippen LogP contribution < -0.4 is 20.7 Å². The molecule has 0 atom stereocenters. The summed E-state index contributed by atoms with van der Waals surface area (Å²) >= 11 is 1.36. The van der Waals surface area contributed by atoms with Gasteiger partial charge in [-0.2, -0.15) is 10.2 Å². The topological polar surface area (TPSA) is 166 Å². The maximum atomic E-state index is 12.3. The van der Waals surface area contributed by atoms with Gasteiger partial charge >= 0.3 is 18.1 Å². The van der Waals surface area contributed by atoms with Gasteiger partial charge in [-0.15, -0.1) is 11.3 Å². The van der Waals surface area contributed by atoms with Crippen LogP contribution in [-0.4, -0.2) is 52.8 Å². The van der Waals surface area contributed by atoms with Gasteiger partial charge in [0.25, 0.3) is 0 Å². The third-order valence-electron chi connectivity index (χ3n) is 5.98. The molecule has 4 aromatic rings. The second kappa shape index (κ2) is 14.3. The zero-order valence-corrected chi connectivity index (χ0v) is 25.7. The molecule has 12 nitrogen and oxygen atoms in total. The highest BCUT2D eigenvalue weighted by molar-refractivity contribution is 7.19. The van der Waals surface area contributed by atoms with Crippen molar-refractivity contribution in [1.82, 2.24) is 20.3 Å².